The third-order valence-electron chi connectivity index (χ3n) is 6.30. The number of benzene rings is 2. The second kappa shape index (κ2) is 8.43. The van der Waals surface area contributed by atoms with E-state index < -0.39 is 0 Å². The van der Waals surface area contributed by atoms with Crippen LogP contribution in [0.1, 0.15) is 22.4 Å². The van der Waals surface area contributed by atoms with E-state index in [-0.39, 0.29) is 5.91 Å². The maximum atomic E-state index is 13.1. The van der Waals surface area contributed by atoms with Crippen molar-refractivity contribution in [1.82, 2.24) is 14.3 Å². The maximum Gasteiger partial charge on any atom is 0.228 e. The van der Waals surface area contributed by atoms with Crippen LogP contribution in [0.2, 0.25) is 0 Å². The largest absolute Gasteiger partial charge is 0.368 e. The van der Waals surface area contributed by atoms with Crippen molar-refractivity contribution in [3.63, 3.8) is 0 Å². The lowest BCUT2D eigenvalue weighted by Gasteiger charge is -2.37. The number of nitrogens with zero attached hydrogens (tertiary/aromatic N) is 4. The molecule has 1 saturated heterocycles. The van der Waals surface area contributed by atoms with Crippen LogP contribution < -0.4 is 4.90 Å². The Morgan fingerprint density at radius 3 is 2.44 bits per heavy atom. The van der Waals surface area contributed by atoms with Gasteiger partial charge in [-0.05, 0) is 38.0 Å². The van der Waals surface area contributed by atoms with Gasteiger partial charge in [-0.25, -0.2) is 4.98 Å². The number of carbonyl (C=O) groups is 1. The van der Waals surface area contributed by atoms with Crippen LogP contribution in [-0.2, 0) is 11.2 Å². The fraction of sp³-hybridized carbons (Fsp3) is 0.308. The Bertz CT molecular complexity index is 1260. The van der Waals surface area contributed by atoms with Crippen LogP contribution in [0.15, 0.2) is 54.0 Å². The molecule has 0 bridgehead atoms. The van der Waals surface area contributed by atoms with Crippen molar-refractivity contribution < 1.29 is 4.79 Å². The lowest BCUT2D eigenvalue weighted by Crippen LogP contribution is -2.49. The monoisotopic (exact) mass is 444 g/mol. The van der Waals surface area contributed by atoms with Crippen LogP contribution in [-0.4, -0.2) is 46.4 Å². The summed E-state index contributed by atoms with van der Waals surface area (Å²) in [6.07, 6.45) is 2.46. The number of piperazine rings is 1. The van der Waals surface area contributed by atoms with Gasteiger partial charge in [0.05, 0.1) is 12.1 Å². The van der Waals surface area contributed by atoms with Gasteiger partial charge >= 0.3 is 0 Å². The van der Waals surface area contributed by atoms with E-state index in [9.17, 15) is 4.79 Å². The summed E-state index contributed by atoms with van der Waals surface area (Å²) in [5.41, 5.74) is 8.16. The number of aromatic nitrogens is 2. The number of hydrogen-bond donors (Lipinski definition) is 0. The van der Waals surface area contributed by atoms with Gasteiger partial charge in [-0.3, -0.25) is 9.20 Å². The quantitative estimate of drug-likeness (QED) is 0.450. The standard InChI is InChI=1S/C26H28N4OS/c1-18-5-8-21(9-6-18)23-16-30-22(17-32-26(30)27-23)15-25(31)29-12-10-28(11-13-29)24-14-19(2)4-7-20(24)3/h4-9,14,16-17H,10-13,15H2,1-3H3. The van der Waals surface area contributed by atoms with E-state index in [1.54, 1.807) is 11.3 Å². The summed E-state index contributed by atoms with van der Waals surface area (Å²) in [6.45, 7) is 9.64. The number of rotatable bonds is 4. The first-order valence-electron chi connectivity index (χ1n) is 11.1. The van der Waals surface area contributed by atoms with E-state index in [2.05, 4.69) is 84.1 Å². The molecule has 0 radical (unpaired) electrons. The number of imidazole rings is 1. The van der Waals surface area contributed by atoms with Crippen molar-refractivity contribution >= 4 is 27.9 Å². The van der Waals surface area contributed by atoms with Crippen molar-refractivity contribution in [1.29, 1.82) is 0 Å². The minimum atomic E-state index is 0.191. The Hall–Kier alpha value is -3.12. The molecule has 0 saturated carbocycles. The summed E-state index contributed by atoms with van der Waals surface area (Å²) in [4.78, 5) is 23.2. The normalized spacial score (nSPS) is 14.3. The number of amides is 1. The molecular weight excluding hydrogens is 416 g/mol. The number of fused-ring (bicyclic) bond motifs is 1. The SMILES string of the molecule is Cc1ccc(-c2cn3c(CC(=O)N4CCN(c5cc(C)ccc5C)CC4)csc3n2)cc1. The first-order valence-corrected chi connectivity index (χ1v) is 12.0. The van der Waals surface area contributed by atoms with Crippen molar-refractivity contribution in [2.24, 2.45) is 0 Å². The predicted octanol–water partition coefficient (Wildman–Crippen LogP) is 4.88. The van der Waals surface area contributed by atoms with E-state index in [0.717, 1.165) is 48.1 Å². The summed E-state index contributed by atoms with van der Waals surface area (Å²) in [7, 11) is 0. The van der Waals surface area contributed by atoms with Gasteiger partial charge in [-0.1, -0.05) is 42.0 Å². The molecule has 1 fully saturated rings. The highest BCUT2D eigenvalue weighted by atomic mass is 32.1. The molecule has 5 rings (SSSR count). The molecule has 1 aliphatic heterocycles. The number of anilines is 1. The van der Waals surface area contributed by atoms with Gasteiger partial charge in [0.25, 0.3) is 0 Å². The fourth-order valence-corrected chi connectivity index (χ4v) is 5.22. The zero-order chi connectivity index (χ0) is 22.2. The van der Waals surface area contributed by atoms with Crippen molar-refractivity contribution in [2.45, 2.75) is 27.2 Å². The number of hydrogen-bond acceptors (Lipinski definition) is 4. The van der Waals surface area contributed by atoms with Crippen molar-refractivity contribution in [2.75, 3.05) is 31.1 Å². The predicted molar refractivity (Wildman–Crippen MR) is 132 cm³/mol. The molecule has 0 aliphatic carbocycles. The molecule has 2 aromatic heterocycles. The van der Waals surface area contributed by atoms with Gasteiger partial charge in [0.2, 0.25) is 5.91 Å². The van der Waals surface area contributed by atoms with Crippen LogP contribution in [0.3, 0.4) is 0 Å². The van der Waals surface area contributed by atoms with Gasteiger partial charge in [0.15, 0.2) is 4.96 Å². The summed E-state index contributed by atoms with van der Waals surface area (Å²) >= 11 is 1.59. The molecule has 0 spiro atoms. The molecule has 0 N–H and O–H groups in total. The Morgan fingerprint density at radius 2 is 1.69 bits per heavy atom. The van der Waals surface area contributed by atoms with Crippen LogP contribution in [0.4, 0.5) is 5.69 Å². The molecule has 0 atom stereocenters. The van der Waals surface area contributed by atoms with E-state index in [0.29, 0.717) is 6.42 Å². The third-order valence-corrected chi connectivity index (χ3v) is 7.19. The third kappa shape index (κ3) is 4.02. The molecule has 2 aromatic carbocycles. The zero-order valence-electron chi connectivity index (χ0n) is 18.8. The van der Waals surface area contributed by atoms with E-state index in [1.807, 2.05) is 4.90 Å². The van der Waals surface area contributed by atoms with E-state index >= 15 is 0 Å². The molecule has 4 aromatic rings. The Labute approximate surface area is 192 Å². The highest BCUT2D eigenvalue weighted by Gasteiger charge is 2.23. The Balaban J connectivity index is 1.26. The Kier molecular flexibility index (Phi) is 5.47. The first kappa shape index (κ1) is 20.8. The highest BCUT2D eigenvalue weighted by Crippen LogP contribution is 2.26. The van der Waals surface area contributed by atoms with Gasteiger partial charge in [0, 0.05) is 54.7 Å². The van der Waals surface area contributed by atoms with Crippen molar-refractivity contribution in [3.05, 3.63) is 76.4 Å². The van der Waals surface area contributed by atoms with Gasteiger partial charge in [-0.2, -0.15) is 0 Å². The van der Waals surface area contributed by atoms with E-state index in [4.69, 9.17) is 4.98 Å². The number of carbonyl (C=O) groups excluding carboxylic acids is 1. The minimum absolute atomic E-state index is 0.191. The number of aryl methyl sites for hydroxylation is 3. The van der Waals surface area contributed by atoms with Crippen LogP contribution in [0.25, 0.3) is 16.2 Å². The maximum absolute atomic E-state index is 13.1. The lowest BCUT2D eigenvalue weighted by atomic mass is 10.1. The molecule has 32 heavy (non-hydrogen) atoms. The molecule has 3 heterocycles. The zero-order valence-corrected chi connectivity index (χ0v) is 19.7. The molecule has 0 unspecified atom stereocenters. The molecule has 5 nitrogen and oxygen atoms in total. The lowest BCUT2D eigenvalue weighted by molar-refractivity contribution is -0.130. The second-order valence-electron chi connectivity index (χ2n) is 8.71. The molecule has 1 aliphatic rings. The summed E-state index contributed by atoms with van der Waals surface area (Å²) in [5.74, 6) is 0.191. The van der Waals surface area contributed by atoms with Gasteiger partial charge < -0.3 is 9.80 Å². The second-order valence-corrected chi connectivity index (χ2v) is 9.54. The van der Waals surface area contributed by atoms with E-state index in [1.165, 1.54) is 22.4 Å². The topological polar surface area (TPSA) is 40.9 Å². The minimum Gasteiger partial charge on any atom is -0.368 e. The molecule has 6 heteroatoms. The Morgan fingerprint density at radius 1 is 0.969 bits per heavy atom. The molecule has 1 amide bonds. The van der Waals surface area contributed by atoms with Crippen LogP contribution in [0.5, 0.6) is 0 Å². The van der Waals surface area contributed by atoms with Crippen LogP contribution >= 0.6 is 11.3 Å². The average Bonchev–Trinajstić information content (AvgIpc) is 3.38. The summed E-state index contributed by atoms with van der Waals surface area (Å²) < 4.78 is 2.07. The highest BCUT2D eigenvalue weighted by molar-refractivity contribution is 7.15. The summed E-state index contributed by atoms with van der Waals surface area (Å²) in [6, 6.07) is 15.0. The smallest absolute Gasteiger partial charge is 0.228 e. The number of thiazole rings is 1. The van der Waals surface area contributed by atoms with Crippen LogP contribution in [0, 0.1) is 20.8 Å². The first-order chi connectivity index (χ1) is 15.5. The van der Waals surface area contributed by atoms with Gasteiger partial charge in [-0.15, -0.1) is 11.3 Å². The van der Waals surface area contributed by atoms with Crippen molar-refractivity contribution in [3.8, 4) is 11.3 Å². The van der Waals surface area contributed by atoms with Gasteiger partial charge in [0.1, 0.15) is 0 Å². The fourth-order valence-electron chi connectivity index (χ4n) is 4.34. The molecular formula is C26H28N4OS. The summed E-state index contributed by atoms with van der Waals surface area (Å²) in [5, 5.41) is 2.06. The average molecular weight is 445 g/mol. The molecule has 164 valence electrons.